The molecule has 0 bridgehead atoms. The molecule has 33 heavy (non-hydrogen) atoms. The molecule has 0 radical (unpaired) electrons. The number of fused-ring (bicyclic) bond motifs is 1. The van der Waals surface area contributed by atoms with E-state index in [1.807, 2.05) is 43.3 Å². The van der Waals surface area contributed by atoms with E-state index in [1.54, 1.807) is 6.07 Å². The molecular weight excluding hydrogens is 494 g/mol. The highest BCUT2D eigenvalue weighted by atomic mass is 79.9. The summed E-state index contributed by atoms with van der Waals surface area (Å²) < 4.78 is 28.9. The molecule has 0 saturated carbocycles. The Morgan fingerprint density at radius 3 is 2.76 bits per heavy atom. The topological polar surface area (TPSA) is 83.0 Å². The van der Waals surface area contributed by atoms with E-state index in [2.05, 4.69) is 41.5 Å². The molecule has 0 saturated heterocycles. The van der Waals surface area contributed by atoms with E-state index in [1.165, 1.54) is 12.5 Å². The van der Waals surface area contributed by atoms with Gasteiger partial charge in [-0.3, -0.25) is 4.79 Å². The highest BCUT2D eigenvalue weighted by Crippen LogP contribution is 2.26. The fraction of sp³-hybridized carbons (Fsp3) is 0.304. The Hall–Kier alpha value is -2.98. The maximum Gasteiger partial charge on any atom is 0.266 e. The first-order chi connectivity index (χ1) is 15.7. The minimum absolute atomic E-state index is 0.207. The number of hydrogen-bond donors (Lipinski definition) is 2. The van der Waals surface area contributed by atoms with E-state index in [4.69, 9.17) is 0 Å². The molecule has 0 fully saturated rings. The van der Waals surface area contributed by atoms with Gasteiger partial charge in [-0.25, -0.2) is 23.7 Å². The zero-order valence-corrected chi connectivity index (χ0v) is 19.9. The minimum Gasteiger partial charge on any atom is -0.340 e. The molecule has 3 aromatic rings. The van der Waals surface area contributed by atoms with Crippen molar-refractivity contribution in [3.63, 3.8) is 0 Å². The van der Waals surface area contributed by atoms with Crippen LogP contribution < -0.4 is 10.6 Å². The lowest BCUT2D eigenvalue weighted by Gasteiger charge is -2.13. The summed E-state index contributed by atoms with van der Waals surface area (Å²) in [5, 5.41) is 6.35. The van der Waals surface area contributed by atoms with Crippen LogP contribution >= 0.6 is 15.9 Å². The Kier molecular flexibility index (Phi) is 8.40. The van der Waals surface area contributed by atoms with Crippen molar-refractivity contribution in [2.75, 3.05) is 31.3 Å². The third-order valence-electron chi connectivity index (χ3n) is 4.70. The number of nitrogens with one attached hydrogen (secondary N) is 2. The van der Waals surface area contributed by atoms with Crippen LogP contribution in [0.25, 0.3) is 10.9 Å². The van der Waals surface area contributed by atoms with E-state index < -0.39 is 11.8 Å². The molecule has 0 aliphatic rings. The number of allylic oxidation sites excluding steroid dienone is 1. The van der Waals surface area contributed by atoms with Crippen LogP contribution in [0.4, 0.5) is 26.1 Å². The fourth-order valence-electron chi connectivity index (χ4n) is 3.07. The average molecular weight is 519 g/mol. The first-order valence-corrected chi connectivity index (χ1v) is 11.2. The first-order valence-electron chi connectivity index (χ1n) is 10.4. The van der Waals surface area contributed by atoms with Crippen molar-refractivity contribution in [3.8, 4) is 0 Å². The number of halogens is 3. The predicted molar refractivity (Wildman–Crippen MR) is 130 cm³/mol. The molecule has 2 heterocycles. The number of anilines is 3. The summed E-state index contributed by atoms with van der Waals surface area (Å²) in [6.45, 7) is 0.746. The maximum absolute atomic E-state index is 14.0. The number of nitrogens with zero attached hydrogens (tertiary/aromatic N) is 4. The zero-order valence-electron chi connectivity index (χ0n) is 18.4. The number of amides is 1. The van der Waals surface area contributed by atoms with Crippen LogP contribution in [0.2, 0.25) is 0 Å². The molecule has 1 amide bonds. The third kappa shape index (κ3) is 7.83. The summed E-state index contributed by atoms with van der Waals surface area (Å²) in [6.07, 6.45) is 5.12. The molecule has 2 aromatic heterocycles. The lowest BCUT2D eigenvalue weighted by molar-refractivity contribution is -0.112. The predicted octanol–water partition coefficient (Wildman–Crippen LogP) is 5.39. The summed E-state index contributed by atoms with van der Waals surface area (Å²) in [4.78, 5) is 26.7. The lowest BCUT2D eigenvalue weighted by Crippen LogP contribution is -2.17. The van der Waals surface area contributed by atoms with Gasteiger partial charge >= 0.3 is 0 Å². The van der Waals surface area contributed by atoms with Gasteiger partial charge in [0.1, 0.15) is 18.0 Å². The van der Waals surface area contributed by atoms with Gasteiger partial charge < -0.3 is 15.5 Å². The van der Waals surface area contributed by atoms with Gasteiger partial charge in [0, 0.05) is 28.0 Å². The van der Waals surface area contributed by atoms with E-state index in [0.29, 0.717) is 35.6 Å². The smallest absolute Gasteiger partial charge is 0.266 e. The number of carbonyl (C=O) groups excluding carboxylic acids is 1. The van der Waals surface area contributed by atoms with E-state index in [9.17, 15) is 13.6 Å². The van der Waals surface area contributed by atoms with Crippen molar-refractivity contribution >= 4 is 50.1 Å². The minimum atomic E-state index is -3.05. The summed E-state index contributed by atoms with van der Waals surface area (Å²) in [5.41, 5.74) is 1.38. The normalized spacial score (nSPS) is 11.9. The molecule has 0 aliphatic carbocycles. The second kappa shape index (κ2) is 11.2. The highest BCUT2D eigenvalue weighted by Gasteiger charge is 2.24. The molecular formula is C23H25BrF2N6O. The van der Waals surface area contributed by atoms with Crippen molar-refractivity contribution in [2.24, 2.45) is 0 Å². The van der Waals surface area contributed by atoms with Gasteiger partial charge in [-0.2, -0.15) is 0 Å². The van der Waals surface area contributed by atoms with Crippen LogP contribution in [0, 0.1) is 0 Å². The maximum atomic E-state index is 14.0. The Bertz CT molecular complexity index is 1140. The number of unbranched alkanes of at least 4 members (excludes halogenated alkanes) is 1. The highest BCUT2D eigenvalue weighted by molar-refractivity contribution is 9.10. The molecule has 10 heteroatoms. The number of hydrogen-bond acceptors (Lipinski definition) is 6. The third-order valence-corrected chi connectivity index (χ3v) is 5.20. The van der Waals surface area contributed by atoms with Gasteiger partial charge in [0.05, 0.1) is 11.7 Å². The van der Waals surface area contributed by atoms with Gasteiger partial charge in [-0.15, -0.1) is 0 Å². The van der Waals surface area contributed by atoms with Gasteiger partial charge in [0.25, 0.3) is 5.92 Å². The van der Waals surface area contributed by atoms with E-state index >= 15 is 0 Å². The Morgan fingerprint density at radius 1 is 1.18 bits per heavy atom. The summed E-state index contributed by atoms with van der Waals surface area (Å²) in [5.74, 6) is -3.00. The quantitative estimate of drug-likeness (QED) is 0.276. The SMILES string of the molecule is CN(C)CCCCC(F)(F)/C=C/C(=O)Nc1cc2c(Nc3cccc(Br)c3)ncnc2cn1. The van der Waals surface area contributed by atoms with Gasteiger partial charge in [0.15, 0.2) is 0 Å². The number of rotatable bonds is 10. The Labute approximate surface area is 199 Å². The van der Waals surface area contributed by atoms with E-state index in [0.717, 1.165) is 22.8 Å². The van der Waals surface area contributed by atoms with Crippen molar-refractivity contribution in [3.05, 3.63) is 59.5 Å². The number of pyridine rings is 1. The lowest BCUT2D eigenvalue weighted by atomic mass is 10.1. The molecule has 0 unspecified atom stereocenters. The van der Waals surface area contributed by atoms with E-state index in [-0.39, 0.29) is 12.2 Å². The number of benzene rings is 1. The molecule has 0 atom stereocenters. The summed E-state index contributed by atoms with van der Waals surface area (Å²) in [7, 11) is 3.80. The molecule has 7 nitrogen and oxygen atoms in total. The standard InChI is InChI=1S/C23H25BrF2N6O/c1-32(2)11-4-3-9-23(25,26)10-8-21(33)31-20-13-18-19(14-27-20)28-15-29-22(18)30-17-7-5-6-16(24)12-17/h5-8,10,12-15H,3-4,9,11H2,1-2H3,(H,27,31,33)(H,28,29,30)/b10-8+. The Morgan fingerprint density at radius 2 is 2.00 bits per heavy atom. The van der Waals surface area contributed by atoms with Gasteiger partial charge in [-0.05, 0) is 63.8 Å². The number of aromatic nitrogens is 3. The second-order valence-electron chi connectivity index (χ2n) is 7.79. The number of carbonyl (C=O) groups is 1. The molecule has 174 valence electrons. The van der Waals surface area contributed by atoms with Gasteiger partial charge in [-0.1, -0.05) is 22.0 Å². The van der Waals surface area contributed by atoms with Crippen LogP contribution in [-0.2, 0) is 4.79 Å². The first kappa shape index (κ1) is 24.7. The molecule has 1 aromatic carbocycles. The van der Waals surface area contributed by atoms with Crippen molar-refractivity contribution in [2.45, 2.75) is 25.2 Å². The summed E-state index contributed by atoms with van der Waals surface area (Å²) in [6, 6.07) is 9.16. The Balaban J connectivity index is 1.67. The summed E-state index contributed by atoms with van der Waals surface area (Å²) >= 11 is 3.42. The number of alkyl halides is 2. The second-order valence-corrected chi connectivity index (χ2v) is 8.70. The van der Waals surface area contributed by atoms with Crippen molar-refractivity contribution in [1.82, 2.24) is 19.9 Å². The van der Waals surface area contributed by atoms with Crippen LogP contribution in [0.3, 0.4) is 0 Å². The fourth-order valence-corrected chi connectivity index (χ4v) is 3.47. The molecule has 0 aliphatic heterocycles. The van der Waals surface area contributed by atoms with Crippen molar-refractivity contribution in [1.29, 1.82) is 0 Å². The van der Waals surface area contributed by atoms with Crippen LogP contribution in [0.5, 0.6) is 0 Å². The zero-order chi connectivity index (χ0) is 23.8. The van der Waals surface area contributed by atoms with Crippen molar-refractivity contribution < 1.29 is 13.6 Å². The molecule has 2 N–H and O–H groups in total. The average Bonchev–Trinajstić information content (AvgIpc) is 2.76. The molecule has 3 rings (SSSR count). The van der Waals surface area contributed by atoms with Crippen LogP contribution in [0.1, 0.15) is 19.3 Å². The van der Waals surface area contributed by atoms with Gasteiger partial charge in [0.2, 0.25) is 5.91 Å². The van der Waals surface area contributed by atoms with Crippen LogP contribution in [0.15, 0.2) is 59.5 Å². The largest absolute Gasteiger partial charge is 0.340 e. The van der Waals surface area contributed by atoms with Crippen LogP contribution in [-0.4, -0.2) is 52.3 Å². The molecule has 0 spiro atoms. The monoisotopic (exact) mass is 518 g/mol.